The third-order valence-corrected chi connectivity index (χ3v) is 6.63. The number of nitro benzene ring substituents is 1. The fourth-order valence-electron chi connectivity index (χ4n) is 4.48. The number of fused-ring (bicyclic) bond motifs is 1. The summed E-state index contributed by atoms with van der Waals surface area (Å²) in [4.78, 5) is 31.7. The number of hydrogen-bond acceptors (Lipinski definition) is 5. The molecule has 1 aliphatic rings. The molecule has 0 unspecified atom stereocenters. The second-order valence-electron chi connectivity index (χ2n) is 8.50. The molecule has 4 aromatic rings. The van der Waals surface area contributed by atoms with Gasteiger partial charge in [0.25, 0.3) is 11.6 Å². The number of amides is 1. The summed E-state index contributed by atoms with van der Waals surface area (Å²) in [6, 6.07) is 28.5. The number of hydrogen-bond donors (Lipinski definition) is 0. The number of carbonyl (C=O) groups is 1. The van der Waals surface area contributed by atoms with Crippen LogP contribution in [0.5, 0.6) is 5.75 Å². The molecule has 8 heteroatoms. The molecule has 184 valence electrons. The molecule has 1 aliphatic heterocycles. The summed E-state index contributed by atoms with van der Waals surface area (Å²) >= 11 is 6.03. The zero-order valence-electron chi connectivity index (χ0n) is 19.9. The van der Waals surface area contributed by atoms with Crippen molar-refractivity contribution in [1.82, 2.24) is 0 Å². The number of aliphatic imine (C=N–C) groups is 1. The molecule has 0 saturated carbocycles. The monoisotopic (exact) mass is 511 g/mol. The van der Waals surface area contributed by atoms with Gasteiger partial charge in [-0.1, -0.05) is 54.1 Å². The highest BCUT2D eigenvalue weighted by Gasteiger charge is 2.33. The Morgan fingerprint density at radius 3 is 2.41 bits per heavy atom. The second-order valence-corrected chi connectivity index (χ2v) is 8.91. The molecule has 0 N–H and O–H groups in total. The van der Waals surface area contributed by atoms with Gasteiger partial charge in [-0.25, -0.2) is 0 Å². The Kier molecular flexibility index (Phi) is 6.70. The smallest absolute Gasteiger partial charge is 0.288 e. The molecule has 0 aliphatic carbocycles. The lowest BCUT2D eigenvalue weighted by Gasteiger charge is -2.32. The first-order chi connectivity index (χ1) is 18.0. The van der Waals surface area contributed by atoms with E-state index in [9.17, 15) is 14.9 Å². The third kappa shape index (κ3) is 4.81. The molecule has 1 heterocycles. The summed E-state index contributed by atoms with van der Waals surface area (Å²) in [5.41, 5.74) is 3.72. The molecule has 7 nitrogen and oxygen atoms in total. The van der Waals surface area contributed by atoms with Crippen LogP contribution in [0.25, 0.3) is 0 Å². The van der Waals surface area contributed by atoms with Crippen LogP contribution in [0, 0.1) is 10.1 Å². The van der Waals surface area contributed by atoms with Gasteiger partial charge in [0.2, 0.25) is 0 Å². The van der Waals surface area contributed by atoms with E-state index in [0.29, 0.717) is 17.8 Å². The first-order valence-electron chi connectivity index (χ1n) is 11.6. The topological polar surface area (TPSA) is 85.0 Å². The summed E-state index contributed by atoms with van der Waals surface area (Å²) < 4.78 is 5.31. The number of methoxy groups -OCH3 is 1. The fourth-order valence-corrected chi connectivity index (χ4v) is 4.67. The molecule has 0 radical (unpaired) electrons. The largest absolute Gasteiger partial charge is 0.497 e. The number of ether oxygens (including phenoxy) is 1. The number of benzene rings is 4. The standard InChI is InChI=1S/C29H22ClN3O4/c1-37-22-14-11-19(12-15-22)25-18-27(20-7-3-2-4-8-20)32(26-10-6-5-9-24(26)31-25)29(34)21-13-16-23(30)28(17-21)33(35)36/h2-17,27H,18H2,1H3/t27-/m0/s1. The first kappa shape index (κ1) is 24.2. The summed E-state index contributed by atoms with van der Waals surface area (Å²) in [6.45, 7) is 0. The molecule has 1 amide bonds. The zero-order valence-corrected chi connectivity index (χ0v) is 20.6. The summed E-state index contributed by atoms with van der Waals surface area (Å²) in [5.74, 6) is 0.353. The van der Waals surface area contributed by atoms with Gasteiger partial charge >= 0.3 is 0 Å². The maximum absolute atomic E-state index is 14.1. The molecular formula is C29H22ClN3O4. The maximum Gasteiger partial charge on any atom is 0.288 e. The molecule has 0 aromatic heterocycles. The van der Waals surface area contributed by atoms with Crippen molar-refractivity contribution in [3.05, 3.63) is 129 Å². The number of nitro groups is 1. The van der Waals surface area contributed by atoms with Crippen molar-refractivity contribution in [1.29, 1.82) is 0 Å². The van der Waals surface area contributed by atoms with Crippen molar-refractivity contribution >= 4 is 40.3 Å². The lowest BCUT2D eigenvalue weighted by Crippen LogP contribution is -2.35. The predicted octanol–water partition coefficient (Wildman–Crippen LogP) is 7.17. The lowest BCUT2D eigenvalue weighted by atomic mass is 9.95. The van der Waals surface area contributed by atoms with E-state index in [0.717, 1.165) is 22.6 Å². The van der Waals surface area contributed by atoms with Crippen molar-refractivity contribution < 1.29 is 14.5 Å². The van der Waals surface area contributed by atoms with Gasteiger partial charge in [0, 0.05) is 18.1 Å². The molecule has 1 atom stereocenters. The van der Waals surface area contributed by atoms with Gasteiger partial charge in [-0.05, 0) is 59.7 Å². The van der Waals surface area contributed by atoms with E-state index in [2.05, 4.69) is 0 Å². The highest BCUT2D eigenvalue weighted by Crippen LogP contribution is 2.42. The number of halogens is 1. The summed E-state index contributed by atoms with van der Waals surface area (Å²) in [6.07, 6.45) is 0.423. The third-order valence-electron chi connectivity index (χ3n) is 6.31. The maximum atomic E-state index is 14.1. The number of carbonyl (C=O) groups excluding carboxylic acids is 1. The Morgan fingerprint density at radius 2 is 1.70 bits per heavy atom. The first-order valence-corrected chi connectivity index (χ1v) is 12.0. The van der Waals surface area contributed by atoms with Crippen LogP contribution in [0.3, 0.4) is 0 Å². The molecule has 4 aromatic carbocycles. The van der Waals surface area contributed by atoms with E-state index in [1.165, 1.54) is 18.2 Å². The molecule has 0 fully saturated rings. The van der Waals surface area contributed by atoms with E-state index in [4.69, 9.17) is 21.3 Å². The molecule has 37 heavy (non-hydrogen) atoms. The zero-order chi connectivity index (χ0) is 25.9. The Balaban J connectivity index is 1.67. The second kappa shape index (κ2) is 10.2. The van der Waals surface area contributed by atoms with Crippen LogP contribution in [0.4, 0.5) is 17.1 Å². The Morgan fingerprint density at radius 1 is 1.00 bits per heavy atom. The summed E-state index contributed by atoms with van der Waals surface area (Å²) in [7, 11) is 1.62. The van der Waals surface area contributed by atoms with Gasteiger partial charge < -0.3 is 4.74 Å². The fraction of sp³-hybridized carbons (Fsp3) is 0.103. The summed E-state index contributed by atoms with van der Waals surface area (Å²) in [5, 5.41) is 11.5. The average molecular weight is 512 g/mol. The highest BCUT2D eigenvalue weighted by molar-refractivity contribution is 6.32. The SMILES string of the molecule is COc1ccc(C2=Nc3ccccc3N(C(=O)c3ccc(Cl)c([N+](=O)[O-])c3)[C@H](c3ccccc3)C2)cc1. The van der Waals surface area contributed by atoms with Gasteiger partial charge in [0.1, 0.15) is 10.8 Å². The highest BCUT2D eigenvalue weighted by atomic mass is 35.5. The van der Waals surface area contributed by atoms with Gasteiger partial charge in [-0.3, -0.25) is 24.8 Å². The van der Waals surface area contributed by atoms with E-state index in [-0.39, 0.29) is 22.2 Å². The minimum Gasteiger partial charge on any atom is -0.497 e. The lowest BCUT2D eigenvalue weighted by molar-refractivity contribution is -0.384. The number of rotatable bonds is 5. The van der Waals surface area contributed by atoms with Crippen molar-refractivity contribution in [2.45, 2.75) is 12.5 Å². The van der Waals surface area contributed by atoms with Crippen LogP contribution in [0.2, 0.25) is 5.02 Å². The normalized spacial score (nSPS) is 14.8. The molecule has 0 bridgehead atoms. The van der Waals surface area contributed by atoms with E-state index < -0.39 is 11.0 Å². The van der Waals surface area contributed by atoms with Gasteiger partial charge in [-0.2, -0.15) is 0 Å². The minimum atomic E-state index is -0.588. The van der Waals surface area contributed by atoms with Crippen LogP contribution >= 0.6 is 11.6 Å². The average Bonchev–Trinajstić information content (AvgIpc) is 3.10. The molecule has 0 saturated heterocycles. The predicted molar refractivity (Wildman–Crippen MR) is 144 cm³/mol. The van der Waals surface area contributed by atoms with Crippen LogP contribution in [-0.2, 0) is 0 Å². The molecular weight excluding hydrogens is 490 g/mol. The number of anilines is 1. The van der Waals surface area contributed by atoms with E-state index >= 15 is 0 Å². The van der Waals surface area contributed by atoms with Crippen molar-refractivity contribution in [2.75, 3.05) is 12.0 Å². The van der Waals surface area contributed by atoms with Gasteiger partial charge in [0.15, 0.2) is 0 Å². The van der Waals surface area contributed by atoms with E-state index in [1.807, 2.05) is 78.9 Å². The van der Waals surface area contributed by atoms with Crippen LogP contribution in [0.1, 0.15) is 33.9 Å². The Labute approximate surface area is 218 Å². The molecule has 5 rings (SSSR count). The van der Waals surface area contributed by atoms with Crippen LogP contribution < -0.4 is 9.64 Å². The number of para-hydroxylation sites is 2. The van der Waals surface area contributed by atoms with Crippen molar-refractivity contribution in [2.24, 2.45) is 4.99 Å². The minimum absolute atomic E-state index is 0.0254. The van der Waals surface area contributed by atoms with Crippen LogP contribution in [0.15, 0.2) is 102 Å². The van der Waals surface area contributed by atoms with E-state index in [1.54, 1.807) is 12.0 Å². The van der Waals surface area contributed by atoms with Gasteiger partial charge in [-0.15, -0.1) is 0 Å². The quantitative estimate of drug-likeness (QED) is 0.210. The van der Waals surface area contributed by atoms with Crippen LogP contribution in [-0.4, -0.2) is 23.7 Å². The number of nitrogens with zero attached hydrogens (tertiary/aromatic N) is 3. The van der Waals surface area contributed by atoms with Crippen molar-refractivity contribution in [3.63, 3.8) is 0 Å². The molecule has 0 spiro atoms. The Hall–Kier alpha value is -4.49. The Bertz CT molecular complexity index is 1500. The van der Waals surface area contributed by atoms with Gasteiger partial charge in [0.05, 0.1) is 35.2 Å². The van der Waals surface area contributed by atoms with Crippen molar-refractivity contribution in [3.8, 4) is 5.75 Å².